The van der Waals surface area contributed by atoms with E-state index in [-0.39, 0.29) is 17.9 Å². The third-order valence-corrected chi connectivity index (χ3v) is 4.58. The maximum atomic E-state index is 13.9. The van der Waals surface area contributed by atoms with Gasteiger partial charge in [0.25, 0.3) is 0 Å². The van der Waals surface area contributed by atoms with E-state index in [1.807, 2.05) is 49.5 Å². The van der Waals surface area contributed by atoms with Crippen LogP contribution in [-0.2, 0) is 11.3 Å². The molecule has 1 amide bonds. The number of benzene rings is 2. The van der Waals surface area contributed by atoms with E-state index in [0.717, 1.165) is 16.8 Å². The van der Waals surface area contributed by atoms with E-state index in [0.29, 0.717) is 18.5 Å². The van der Waals surface area contributed by atoms with Crippen molar-refractivity contribution in [1.82, 2.24) is 14.8 Å². The molecule has 5 heteroatoms. The highest BCUT2D eigenvalue weighted by Gasteiger charge is 2.36. The van der Waals surface area contributed by atoms with Crippen LogP contribution < -0.4 is 0 Å². The van der Waals surface area contributed by atoms with Crippen LogP contribution in [0, 0.1) is 5.82 Å². The lowest BCUT2D eigenvalue weighted by molar-refractivity contribution is -0.126. The molecule has 0 bridgehead atoms. The van der Waals surface area contributed by atoms with Crippen molar-refractivity contribution in [2.24, 2.45) is 0 Å². The Morgan fingerprint density at radius 2 is 1.96 bits per heavy atom. The first-order valence-electron chi connectivity index (χ1n) is 7.94. The fraction of sp³-hybridized carbons (Fsp3) is 0.211. The Bertz CT molecular complexity index is 890. The number of hydrogen-bond acceptors (Lipinski definition) is 2. The predicted molar refractivity (Wildman–Crippen MR) is 90.6 cm³/mol. The summed E-state index contributed by atoms with van der Waals surface area (Å²) in [7, 11) is 1.82. The smallest absolute Gasteiger partial charge is 0.238 e. The fourth-order valence-electron chi connectivity index (χ4n) is 3.44. The van der Waals surface area contributed by atoms with Crippen LogP contribution in [0.2, 0.25) is 0 Å². The lowest BCUT2D eigenvalue weighted by atomic mass is 10.1. The predicted octanol–water partition coefficient (Wildman–Crippen LogP) is 3.28. The first-order valence-corrected chi connectivity index (χ1v) is 7.94. The van der Waals surface area contributed by atoms with Gasteiger partial charge >= 0.3 is 0 Å². The Kier molecular flexibility index (Phi) is 3.58. The standard InChI is InChI=1S/C19H18FN3O/c1-22-18(24)12-23(19(22)13-6-3-2-4-7-13)11-14-10-15-16(20)8-5-9-17(15)21-14/h2-10,19,21H,11-12H2,1H3. The number of carbonyl (C=O) groups excluding carboxylic acids is 1. The summed E-state index contributed by atoms with van der Waals surface area (Å²) in [6.45, 7) is 0.914. The first kappa shape index (κ1) is 14.9. The summed E-state index contributed by atoms with van der Waals surface area (Å²) in [4.78, 5) is 19.3. The van der Waals surface area contributed by atoms with Crippen LogP contribution in [0.5, 0.6) is 0 Å². The van der Waals surface area contributed by atoms with Gasteiger partial charge in [0.2, 0.25) is 5.91 Å². The summed E-state index contributed by atoms with van der Waals surface area (Å²) < 4.78 is 13.9. The minimum atomic E-state index is -0.232. The number of amides is 1. The number of aromatic amines is 1. The van der Waals surface area contributed by atoms with Crippen molar-refractivity contribution < 1.29 is 9.18 Å². The Morgan fingerprint density at radius 3 is 2.71 bits per heavy atom. The molecule has 1 saturated heterocycles. The van der Waals surface area contributed by atoms with Crippen molar-refractivity contribution in [3.63, 3.8) is 0 Å². The first-order chi connectivity index (χ1) is 11.6. The molecule has 24 heavy (non-hydrogen) atoms. The van der Waals surface area contributed by atoms with Gasteiger partial charge in [0, 0.05) is 30.2 Å². The van der Waals surface area contributed by atoms with E-state index in [9.17, 15) is 9.18 Å². The highest BCUT2D eigenvalue weighted by molar-refractivity contribution is 5.82. The Hall–Kier alpha value is -2.66. The number of aromatic nitrogens is 1. The van der Waals surface area contributed by atoms with Crippen molar-refractivity contribution in [3.8, 4) is 0 Å². The fourth-order valence-corrected chi connectivity index (χ4v) is 3.44. The molecule has 1 N–H and O–H groups in total. The second kappa shape index (κ2) is 5.76. The van der Waals surface area contributed by atoms with Crippen molar-refractivity contribution >= 4 is 16.8 Å². The van der Waals surface area contributed by atoms with Crippen LogP contribution in [0.3, 0.4) is 0 Å². The van der Waals surface area contributed by atoms with Gasteiger partial charge in [-0.1, -0.05) is 36.4 Å². The number of nitrogens with zero attached hydrogens (tertiary/aromatic N) is 2. The molecule has 1 atom stereocenters. The van der Waals surface area contributed by atoms with E-state index in [2.05, 4.69) is 9.88 Å². The molecule has 1 aliphatic rings. The van der Waals surface area contributed by atoms with Gasteiger partial charge in [-0.05, 0) is 23.8 Å². The second-order valence-corrected chi connectivity index (χ2v) is 6.19. The van der Waals surface area contributed by atoms with Crippen LogP contribution in [0.15, 0.2) is 54.6 Å². The number of rotatable bonds is 3. The molecule has 2 heterocycles. The SMILES string of the molecule is CN1C(=O)CN(Cc2cc3c(F)cccc3[nH]2)C1c1ccccc1. The van der Waals surface area contributed by atoms with Crippen molar-refractivity contribution in [2.45, 2.75) is 12.7 Å². The molecule has 0 spiro atoms. The normalized spacial score (nSPS) is 18.7. The quantitative estimate of drug-likeness (QED) is 0.803. The third kappa shape index (κ3) is 2.47. The number of hydrogen-bond donors (Lipinski definition) is 1. The molecule has 1 aromatic heterocycles. The van der Waals surface area contributed by atoms with Gasteiger partial charge in [-0.15, -0.1) is 0 Å². The van der Waals surface area contributed by atoms with Crippen LogP contribution in [0.25, 0.3) is 10.9 Å². The molecule has 4 rings (SSSR count). The summed E-state index contributed by atoms with van der Waals surface area (Å²) in [5.41, 5.74) is 2.76. The van der Waals surface area contributed by atoms with E-state index in [4.69, 9.17) is 0 Å². The minimum absolute atomic E-state index is 0.0890. The van der Waals surface area contributed by atoms with Gasteiger partial charge in [0.05, 0.1) is 6.54 Å². The van der Waals surface area contributed by atoms with Crippen molar-refractivity contribution in [2.75, 3.05) is 13.6 Å². The summed E-state index contributed by atoms with van der Waals surface area (Å²) in [6, 6.07) is 16.8. The number of carbonyl (C=O) groups is 1. The second-order valence-electron chi connectivity index (χ2n) is 6.19. The lowest BCUT2D eigenvalue weighted by Gasteiger charge is -2.27. The van der Waals surface area contributed by atoms with Crippen LogP contribution in [0.1, 0.15) is 17.4 Å². The summed E-state index contributed by atoms with van der Waals surface area (Å²) in [5.74, 6) is -0.143. The van der Waals surface area contributed by atoms with Gasteiger partial charge in [0.1, 0.15) is 12.0 Å². The zero-order valence-electron chi connectivity index (χ0n) is 13.4. The molecular weight excluding hydrogens is 305 g/mol. The molecule has 0 saturated carbocycles. The number of likely N-dealkylation sites (N-methyl/N-ethyl adjacent to an activating group) is 1. The third-order valence-electron chi connectivity index (χ3n) is 4.58. The molecule has 0 aliphatic carbocycles. The van der Waals surface area contributed by atoms with Gasteiger partial charge in [-0.25, -0.2) is 4.39 Å². The Balaban J connectivity index is 1.66. The average Bonchev–Trinajstić information content (AvgIpc) is 3.11. The summed E-state index contributed by atoms with van der Waals surface area (Å²) in [5, 5.41) is 0.586. The molecule has 122 valence electrons. The van der Waals surface area contributed by atoms with Gasteiger partial charge < -0.3 is 9.88 Å². The number of halogens is 1. The molecule has 2 aromatic carbocycles. The van der Waals surface area contributed by atoms with Crippen LogP contribution >= 0.6 is 0 Å². The van der Waals surface area contributed by atoms with Crippen LogP contribution in [-0.4, -0.2) is 34.3 Å². The van der Waals surface area contributed by atoms with Crippen LogP contribution in [0.4, 0.5) is 4.39 Å². The Morgan fingerprint density at radius 1 is 1.17 bits per heavy atom. The van der Waals surface area contributed by atoms with E-state index < -0.39 is 0 Å². The monoisotopic (exact) mass is 323 g/mol. The zero-order valence-corrected chi connectivity index (χ0v) is 13.4. The maximum Gasteiger partial charge on any atom is 0.238 e. The zero-order chi connectivity index (χ0) is 16.7. The van der Waals surface area contributed by atoms with Gasteiger partial charge in [-0.3, -0.25) is 9.69 Å². The number of H-pyrrole nitrogens is 1. The molecular formula is C19H18FN3O. The molecule has 0 radical (unpaired) electrons. The number of nitrogens with one attached hydrogen (secondary N) is 1. The van der Waals surface area contributed by atoms with Crippen molar-refractivity contribution in [1.29, 1.82) is 0 Å². The molecule has 1 unspecified atom stereocenters. The molecule has 4 nitrogen and oxygen atoms in total. The van der Waals surface area contributed by atoms with E-state index >= 15 is 0 Å². The van der Waals surface area contributed by atoms with Crippen molar-refractivity contribution in [3.05, 3.63) is 71.7 Å². The largest absolute Gasteiger partial charge is 0.357 e. The summed E-state index contributed by atoms with van der Waals surface area (Å²) in [6.07, 6.45) is -0.102. The highest BCUT2D eigenvalue weighted by atomic mass is 19.1. The molecule has 1 fully saturated rings. The lowest BCUT2D eigenvalue weighted by Crippen LogP contribution is -2.29. The van der Waals surface area contributed by atoms with Gasteiger partial charge in [-0.2, -0.15) is 0 Å². The summed E-state index contributed by atoms with van der Waals surface area (Å²) >= 11 is 0. The highest BCUT2D eigenvalue weighted by Crippen LogP contribution is 2.31. The average molecular weight is 323 g/mol. The number of fused-ring (bicyclic) bond motifs is 1. The van der Waals surface area contributed by atoms with E-state index in [1.165, 1.54) is 6.07 Å². The topological polar surface area (TPSA) is 39.3 Å². The molecule has 3 aromatic rings. The minimum Gasteiger partial charge on any atom is -0.357 e. The van der Waals surface area contributed by atoms with Gasteiger partial charge in [0.15, 0.2) is 0 Å². The maximum absolute atomic E-state index is 13.9. The Labute approximate surface area is 139 Å². The molecule has 1 aliphatic heterocycles. The van der Waals surface area contributed by atoms with E-state index in [1.54, 1.807) is 11.0 Å².